The summed E-state index contributed by atoms with van der Waals surface area (Å²) in [5.41, 5.74) is 1.99. The highest BCUT2D eigenvalue weighted by atomic mass is 16.2. The van der Waals surface area contributed by atoms with E-state index >= 15 is 0 Å². The predicted molar refractivity (Wildman–Crippen MR) is 112 cm³/mol. The van der Waals surface area contributed by atoms with E-state index in [2.05, 4.69) is 15.3 Å². The Bertz CT molecular complexity index is 1050. The van der Waals surface area contributed by atoms with Crippen LogP contribution in [0.15, 0.2) is 65.7 Å². The quantitative estimate of drug-likeness (QED) is 0.725. The van der Waals surface area contributed by atoms with Gasteiger partial charge in [0.1, 0.15) is 0 Å². The van der Waals surface area contributed by atoms with Crippen molar-refractivity contribution in [3.63, 3.8) is 0 Å². The lowest BCUT2D eigenvalue weighted by atomic mass is 10.1. The lowest BCUT2D eigenvalue weighted by molar-refractivity contribution is 0.0743. The first-order valence-electron chi connectivity index (χ1n) is 9.72. The van der Waals surface area contributed by atoms with Gasteiger partial charge in [0.25, 0.3) is 11.5 Å². The molecule has 1 fully saturated rings. The molecular weight excluding hydrogens is 366 g/mol. The Kier molecular flexibility index (Phi) is 5.37. The second-order valence-corrected chi connectivity index (χ2v) is 7.14. The maximum Gasteiger partial charge on any atom is 0.255 e. The SMILES string of the molecule is Cn1c(NC[C@@H]2CCCN2C(=O)c2ccccc2)nc(-c2ccncc2)cc1=O. The normalized spacial score (nSPS) is 16.0. The van der Waals surface area contributed by atoms with E-state index in [-0.39, 0.29) is 17.5 Å². The second kappa shape index (κ2) is 8.26. The van der Waals surface area contributed by atoms with Gasteiger partial charge in [-0.1, -0.05) is 18.2 Å². The zero-order valence-electron chi connectivity index (χ0n) is 16.3. The van der Waals surface area contributed by atoms with Crippen LogP contribution in [0, 0.1) is 0 Å². The van der Waals surface area contributed by atoms with Crippen molar-refractivity contribution in [2.24, 2.45) is 7.05 Å². The number of hydrogen-bond donors (Lipinski definition) is 1. The maximum atomic E-state index is 12.9. The molecule has 1 N–H and O–H groups in total. The Hall–Kier alpha value is -3.48. The van der Waals surface area contributed by atoms with Crippen molar-refractivity contribution in [3.05, 3.63) is 76.8 Å². The van der Waals surface area contributed by atoms with Crippen LogP contribution in [0.25, 0.3) is 11.3 Å². The van der Waals surface area contributed by atoms with Gasteiger partial charge in [0, 0.05) is 55.8 Å². The highest BCUT2D eigenvalue weighted by molar-refractivity contribution is 5.94. The fourth-order valence-electron chi connectivity index (χ4n) is 3.64. The number of likely N-dealkylation sites (tertiary alicyclic amines) is 1. The Morgan fingerprint density at radius 2 is 1.93 bits per heavy atom. The van der Waals surface area contributed by atoms with Crippen molar-refractivity contribution in [2.75, 3.05) is 18.4 Å². The van der Waals surface area contributed by atoms with Crippen LogP contribution >= 0.6 is 0 Å². The summed E-state index contributed by atoms with van der Waals surface area (Å²) in [6.07, 6.45) is 5.23. The van der Waals surface area contributed by atoms with E-state index < -0.39 is 0 Å². The molecule has 7 heteroatoms. The molecule has 148 valence electrons. The monoisotopic (exact) mass is 389 g/mol. The van der Waals surface area contributed by atoms with Crippen molar-refractivity contribution < 1.29 is 4.79 Å². The molecule has 0 spiro atoms. The summed E-state index contributed by atoms with van der Waals surface area (Å²) in [5.74, 6) is 0.533. The molecule has 2 aromatic heterocycles. The number of amides is 1. The zero-order valence-corrected chi connectivity index (χ0v) is 16.3. The average molecular weight is 389 g/mol. The number of benzene rings is 1. The Balaban J connectivity index is 1.52. The van der Waals surface area contributed by atoms with Gasteiger partial charge in [-0.25, -0.2) is 4.98 Å². The molecule has 1 aliphatic rings. The molecule has 0 bridgehead atoms. The number of rotatable bonds is 5. The van der Waals surface area contributed by atoms with Crippen LogP contribution < -0.4 is 10.9 Å². The Labute approximate surface area is 169 Å². The largest absolute Gasteiger partial charge is 0.353 e. The maximum absolute atomic E-state index is 12.9. The minimum Gasteiger partial charge on any atom is -0.353 e. The van der Waals surface area contributed by atoms with Crippen LogP contribution in [-0.2, 0) is 7.05 Å². The number of nitrogens with zero attached hydrogens (tertiary/aromatic N) is 4. The molecule has 3 aromatic rings. The van der Waals surface area contributed by atoms with E-state index in [4.69, 9.17) is 0 Å². The molecule has 1 aliphatic heterocycles. The highest BCUT2D eigenvalue weighted by Crippen LogP contribution is 2.21. The molecule has 0 aliphatic carbocycles. The van der Waals surface area contributed by atoms with Gasteiger partial charge in [-0.05, 0) is 37.1 Å². The second-order valence-electron chi connectivity index (χ2n) is 7.14. The minimum atomic E-state index is -0.141. The van der Waals surface area contributed by atoms with Gasteiger partial charge in [0.15, 0.2) is 0 Å². The number of carbonyl (C=O) groups is 1. The van der Waals surface area contributed by atoms with Crippen molar-refractivity contribution >= 4 is 11.9 Å². The third-order valence-electron chi connectivity index (χ3n) is 5.27. The topological polar surface area (TPSA) is 80.1 Å². The van der Waals surface area contributed by atoms with Gasteiger partial charge in [-0.3, -0.25) is 19.1 Å². The summed E-state index contributed by atoms with van der Waals surface area (Å²) in [7, 11) is 1.69. The van der Waals surface area contributed by atoms with E-state index in [1.54, 1.807) is 19.4 Å². The number of aromatic nitrogens is 3. The summed E-state index contributed by atoms with van der Waals surface area (Å²) >= 11 is 0. The number of carbonyl (C=O) groups excluding carboxylic acids is 1. The molecule has 3 heterocycles. The molecule has 0 saturated carbocycles. The number of nitrogens with one attached hydrogen (secondary N) is 1. The van der Waals surface area contributed by atoms with E-state index in [1.807, 2.05) is 47.4 Å². The number of anilines is 1. The molecule has 1 saturated heterocycles. The van der Waals surface area contributed by atoms with Crippen molar-refractivity contribution in [2.45, 2.75) is 18.9 Å². The zero-order chi connectivity index (χ0) is 20.2. The molecule has 0 unspecified atom stereocenters. The number of pyridine rings is 1. The molecule has 1 atom stereocenters. The first-order chi connectivity index (χ1) is 14.1. The van der Waals surface area contributed by atoms with Crippen LogP contribution in [-0.4, -0.2) is 44.5 Å². The van der Waals surface area contributed by atoms with E-state index in [0.29, 0.717) is 23.8 Å². The lowest BCUT2D eigenvalue weighted by Crippen LogP contribution is -2.40. The number of hydrogen-bond acceptors (Lipinski definition) is 5. The van der Waals surface area contributed by atoms with Crippen LogP contribution in [0.3, 0.4) is 0 Å². The van der Waals surface area contributed by atoms with Crippen LogP contribution in [0.1, 0.15) is 23.2 Å². The van der Waals surface area contributed by atoms with E-state index in [1.165, 1.54) is 10.6 Å². The van der Waals surface area contributed by atoms with Crippen molar-refractivity contribution in [1.29, 1.82) is 0 Å². The van der Waals surface area contributed by atoms with Crippen LogP contribution in [0.2, 0.25) is 0 Å². The van der Waals surface area contributed by atoms with E-state index in [9.17, 15) is 9.59 Å². The van der Waals surface area contributed by atoms with Crippen molar-refractivity contribution in [3.8, 4) is 11.3 Å². The Morgan fingerprint density at radius 3 is 2.69 bits per heavy atom. The molecule has 29 heavy (non-hydrogen) atoms. The third kappa shape index (κ3) is 4.03. The van der Waals surface area contributed by atoms with Gasteiger partial charge in [0.05, 0.1) is 5.69 Å². The smallest absolute Gasteiger partial charge is 0.255 e. The molecule has 7 nitrogen and oxygen atoms in total. The average Bonchev–Trinajstić information content (AvgIpc) is 3.24. The van der Waals surface area contributed by atoms with Crippen LogP contribution in [0.5, 0.6) is 0 Å². The summed E-state index contributed by atoms with van der Waals surface area (Å²) in [4.78, 5) is 35.8. The summed E-state index contributed by atoms with van der Waals surface area (Å²) in [5, 5.41) is 3.28. The predicted octanol–water partition coefficient (Wildman–Crippen LogP) is 2.56. The summed E-state index contributed by atoms with van der Waals surface area (Å²) < 4.78 is 1.49. The first kappa shape index (κ1) is 18.9. The molecule has 4 rings (SSSR count). The molecule has 0 radical (unpaired) electrons. The lowest BCUT2D eigenvalue weighted by Gasteiger charge is -2.25. The fourth-order valence-corrected chi connectivity index (χ4v) is 3.64. The highest BCUT2D eigenvalue weighted by Gasteiger charge is 2.29. The van der Waals surface area contributed by atoms with Gasteiger partial charge < -0.3 is 10.2 Å². The first-order valence-corrected chi connectivity index (χ1v) is 9.72. The van der Waals surface area contributed by atoms with Crippen LogP contribution in [0.4, 0.5) is 5.95 Å². The Morgan fingerprint density at radius 1 is 1.17 bits per heavy atom. The van der Waals surface area contributed by atoms with E-state index in [0.717, 1.165) is 24.9 Å². The molecular formula is C22H23N5O2. The minimum absolute atomic E-state index is 0.0438. The van der Waals surface area contributed by atoms with Gasteiger partial charge >= 0.3 is 0 Å². The van der Waals surface area contributed by atoms with Crippen molar-refractivity contribution in [1.82, 2.24) is 19.4 Å². The standard InChI is InChI=1S/C22H23N5O2/c1-26-20(28)14-19(16-9-11-23-12-10-16)25-22(26)24-15-18-8-5-13-27(18)21(29)17-6-3-2-4-7-17/h2-4,6-7,9-12,14,18H,5,8,13,15H2,1H3,(H,24,25)/t18-/m0/s1. The van der Waals surface area contributed by atoms with Gasteiger partial charge in [-0.15, -0.1) is 0 Å². The van der Waals surface area contributed by atoms with Gasteiger partial charge in [0.2, 0.25) is 5.95 Å². The van der Waals surface area contributed by atoms with Gasteiger partial charge in [-0.2, -0.15) is 0 Å². The summed E-state index contributed by atoms with van der Waals surface area (Å²) in [6, 6.07) is 14.6. The fraction of sp³-hybridized carbons (Fsp3) is 0.273. The molecule has 1 amide bonds. The molecule has 1 aromatic carbocycles. The summed E-state index contributed by atoms with van der Waals surface area (Å²) in [6.45, 7) is 1.28. The third-order valence-corrected chi connectivity index (χ3v) is 5.27.